The van der Waals surface area contributed by atoms with Crippen molar-refractivity contribution in [1.29, 1.82) is 0 Å². The molecule has 0 aliphatic carbocycles. The number of halogens is 2. The third-order valence-electron chi connectivity index (χ3n) is 4.41. The molecule has 2 heterocycles. The maximum atomic E-state index is 12.3. The average molecular weight is 554 g/mol. The largest absolute Gasteiger partial charge is 0.450 e. The fraction of sp³-hybridized carbons (Fsp3) is 0.200. The van der Waals surface area contributed by atoms with E-state index < -0.39 is 0 Å². The number of benzene rings is 2. The second-order valence-corrected chi connectivity index (χ2v) is 8.38. The monoisotopic (exact) mass is 553 g/mol. The molecule has 1 N–H and O–H groups in total. The molecular formula is C20H17BrIN3O3. The molecule has 2 aromatic carbocycles. The van der Waals surface area contributed by atoms with Crippen LogP contribution in [0.15, 0.2) is 56.5 Å². The minimum atomic E-state index is -0.385. The molecular weight excluding hydrogens is 537 g/mol. The molecule has 28 heavy (non-hydrogen) atoms. The summed E-state index contributed by atoms with van der Waals surface area (Å²) in [5.74, 6) is -0.157. The molecule has 144 valence electrons. The smallest absolute Gasteiger partial charge is 0.307 e. The van der Waals surface area contributed by atoms with Gasteiger partial charge in [0.15, 0.2) is 5.76 Å². The zero-order valence-electron chi connectivity index (χ0n) is 14.8. The molecule has 0 spiro atoms. The molecule has 0 unspecified atom stereocenters. The van der Waals surface area contributed by atoms with E-state index in [1.807, 2.05) is 36.4 Å². The van der Waals surface area contributed by atoms with Gasteiger partial charge >= 0.3 is 5.91 Å². The van der Waals surface area contributed by atoms with Crippen molar-refractivity contribution in [2.24, 2.45) is 5.10 Å². The first-order valence-electron chi connectivity index (χ1n) is 8.75. The van der Waals surface area contributed by atoms with Crippen molar-refractivity contribution in [3.63, 3.8) is 0 Å². The van der Waals surface area contributed by atoms with Gasteiger partial charge in [-0.1, -0.05) is 28.1 Å². The van der Waals surface area contributed by atoms with Crippen LogP contribution in [0.2, 0.25) is 0 Å². The lowest BCUT2D eigenvalue weighted by atomic mass is 10.2. The van der Waals surface area contributed by atoms with Gasteiger partial charge in [-0.15, -0.1) is 0 Å². The average Bonchev–Trinajstić information content (AvgIpc) is 3.14. The first-order valence-corrected chi connectivity index (χ1v) is 10.6. The number of ether oxygens (including phenoxy) is 1. The van der Waals surface area contributed by atoms with Gasteiger partial charge in [0.1, 0.15) is 5.58 Å². The molecule has 1 aliphatic rings. The SMILES string of the molecule is O=C(N/N=C\c1ccc(N2CCOCC2)cc1)c1cc2cc(Br)cc(I)c2o1. The second kappa shape index (κ2) is 8.62. The molecule has 1 fully saturated rings. The molecule has 8 heteroatoms. The number of nitrogens with zero attached hydrogens (tertiary/aromatic N) is 2. The fourth-order valence-corrected chi connectivity index (χ4v) is 4.66. The van der Waals surface area contributed by atoms with Gasteiger partial charge in [-0.3, -0.25) is 4.79 Å². The number of hydrazone groups is 1. The summed E-state index contributed by atoms with van der Waals surface area (Å²) in [6, 6.07) is 13.6. The minimum Gasteiger partial charge on any atom is -0.450 e. The summed E-state index contributed by atoms with van der Waals surface area (Å²) >= 11 is 5.63. The summed E-state index contributed by atoms with van der Waals surface area (Å²) in [6.45, 7) is 3.31. The van der Waals surface area contributed by atoms with E-state index in [-0.39, 0.29) is 11.7 Å². The number of furan rings is 1. The first-order chi connectivity index (χ1) is 13.6. The normalized spacial score (nSPS) is 14.7. The number of carbonyl (C=O) groups is 1. The van der Waals surface area contributed by atoms with Gasteiger partial charge in [0.25, 0.3) is 0 Å². The maximum absolute atomic E-state index is 12.3. The topological polar surface area (TPSA) is 67.1 Å². The Labute approximate surface area is 184 Å². The third-order valence-corrected chi connectivity index (χ3v) is 5.67. The molecule has 0 radical (unpaired) electrons. The molecule has 6 nitrogen and oxygen atoms in total. The Morgan fingerprint density at radius 1 is 1.18 bits per heavy atom. The Hall–Kier alpha value is -1.91. The van der Waals surface area contributed by atoms with E-state index in [1.54, 1.807) is 12.3 Å². The Morgan fingerprint density at radius 3 is 2.68 bits per heavy atom. The number of fused-ring (bicyclic) bond motifs is 1. The van der Waals surface area contributed by atoms with E-state index in [0.717, 1.165) is 51.0 Å². The molecule has 1 amide bonds. The summed E-state index contributed by atoms with van der Waals surface area (Å²) < 4.78 is 12.9. The predicted molar refractivity (Wildman–Crippen MR) is 121 cm³/mol. The van der Waals surface area contributed by atoms with Crippen molar-refractivity contribution in [2.45, 2.75) is 0 Å². The molecule has 1 saturated heterocycles. The van der Waals surface area contributed by atoms with Crippen molar-refractivity contribution in [1.82, 2.24) is 5.43 Å². The van der Waals surface area contributed by atoms with E-state index in [9.17, 15) is 4.79 Å². The zero-order chi connectivity index (χ0) is 19.5. The van der Waals surface area contributed by atoms with E-state index >= 15 is 0 Å². The minimum absolute atomic E-state index is 0.228. The van der Waals surface area contributed by atoms with Crippen LogP contribution in [-0.4, -0.2) is 38.4 Å². The van der Waals surface area contributed by atoms with Crippen LogP contribution in [0.1, 0.15) is 16.1 Å². The van der Waals surface area contributed by atoms with Crippen molar-refractivity contribution in [2.75, 3.05) is 31.2 Å². The van der Waals surface area contributed by atoms with Crippen LogP contribution in [0.3, 0.4) is 0 Å². The molecule has 1 aromatic heterocycles. The summed E-state index contributed by atoms with van der Waals surface area (Å²) in [5.41, 5.74) is 5.27. The van der Waals surface area contributed by atoms with Crippen LogP contribution in [0.4, 0.5) is 5.69 Å². The van der Waals surface area contributed by atoms with E-state index in [4.69, 9.17) is 9.15 Å². The summed E-state index contributed by atoms with van der Waals surface area (Å²) in [6.07, 6.45) is 1.62. The van der Waals surface area contributed by atoms with E-state index in [2.05, 4.69) is 53.9 Å². The second-order valence-electron chi connectivity index (χ2n) is 6.31. The van der Waals surface area contributed by atoms with Crippen molar-refractivity contribution in [3.8, 4) is 0 Å². The Morgan fingerprint density at radius 2 is 1.93 bits per heavy atom. The number of morpholine rings is 1. The quantitative estimate of drug-likeness (QED) is 0.295. The molecule has 1 aliphatic heterocycles. The maximum Gasteiger partial charge on any atom is 0.307 e. The zero-order valence-corrected chi connectivity index (χ0v) is 18.6. The number of anilines is 1. The van der Waals surface area contributed by atoms with Crippen LogP contribution < -0.4 is 10.3 Å². The standard InChI is InChI=1S/C20H17BrIN3O3/c21-15-9-14-10-18(28-19(14)17(22)11-15)20(26)24-23-12-13-1-3-16(4-2-13)25-5-7-27-8-6-25/h1-4,9-12H,5-8H2,(H,24,26)/b23-12-. The third kappa shape index (κ3) is 4.39. The van der Waals surface area contributed by atoms with Crippen LogP contribution in [-0.2, 0) is 4.74 Å². The van der Waals surface area contributed by atoms with Crippen molar-refractivity contribution < 1.29 is 13.9 Å². The predicted octanol–water partition coefficient (Wildman–Crippen LogP) is 4.40. The molecule has 0 bridgehead atoms. The number of nitrogens with one attached hydrogen (secondary N) is 1. The van der Waals surface area contributed by atoms with Crippen molar-refractivity contribution in [3.05, 3.63) is 61.8 Å². The van der Waals surface area contributed by atoms with Crippen LogP contribution in [0.25, 0.3) is 11.0 Å². The molecule has 0 saturated carbocycles. The molecule has 3 aromatic rings. The summed E-state index contributed by atoms with van der Waals surface area (Å²) in [4.78, 5) is 14.6. The van der Waals surface area contributed by atoms with E-state index in [0.29, 0.717) is 5.58 Å². The number of amides is 1. The van der Waals surface area contributed by atoms with Gasteiger partial charge in [0.05, 0.1) is 23.0 Å². The molecule has 0 atom stereocenters. The lowest BCUT2D eigenvalue weighted by molar-refractivity contribution is 0.0929. The number of carbonyl (C=O) groups excluding carboxylic acids is 1. The fourth-order valence-electron chi connectivity index (χ4n) is 3.00. The Kier molecular flexibility index (Phi) is 5.98. The summed E-state index contributed by atoms with van der Waals surface area (Å²) in [7, 11) is 0. The number of hydrogen-bond acceptors (Lipinski definition) is 5. The van der Waals surface area contributed by atoms with E-state index in [1.165, 1.54) is 0 Å². The van der Waals surface area contributed by atoms with Gasteiger partial charge in [0, 0.05) is 28.6 Å². The first kappa shape index (κ1) is 19.4. The van der Waals surface area contributed by atoms with Gasteiger partial charge in [0.2, 0.25) is 0 Å². The van der Waals surface area contributed by atoms with Gasteiger partial charge in [-0.2, -0.15) is 5.10 Å². The van der Waals surface area contributed by atoms with Crippen LogP contribution in [0.5, 0.6) is 0 Å². The van der Waals surface area contributed by atoms with Gasteiger partial charge < -0.3 is 14.1 Å². The highest BCUT2D eigenvalue weighted by Gasteiger charge is 2.14. The van der Waals surface area contributed by atoms with Crippen LogP contribution in [0, 0.1) is 3.57 Å². The van der Waals surface area contributed by atoms with Crippen LogP contribution >= 0.6 is 38.5 Å². The highest BCUT2D eigenvalue weighted by molar-refractivity contribution is 14.1. The highest BCUT2D eigenvalue weighted by Crippen LogP contribution is 2.28. The number of hydrogen-bond donors (Lipinski definition) is 1. The van der Waals surface area contributed by atoms with Gasteiger partial charge in [-0.25, -0.2) is 5.43 Å². The lowest BCUT2D eigenvalue weighted by Gasteiger charge is -2.28. The van der Waals surface area contributed by atoms with Crippen molar-refractivity contribution >= 4 is 67.3 Å². The summed E-state index contributed by atoms with van der Waals surface area (Å²) in [5, 5.41) is 4.91. The Balaban J connectivity index is 1.40. The molecule has 4 rings (SSSR count). The Bertz CT molecular complexity index is 1030. The highest BCUT2D eigenvalue weighted by atomic mass is 127. The van der Waals surface area contributed by atoms with Gasteiger partial charge in [-0.05, 0) is 58.5 Å². The number of rotatable bonds is 4. The lowest BCUT2D eigenvalue weighted by Crippen LogP contribution is -2.36.